The van der Waals surface area contributed by atoms with Gasteiger partial charge in [-0.3, -0.25) is 4.40 Å². The zero-order chi connectivity index (χ0) is 12.5. The van der Waals surface area contributed by atoms with Crippen LogP contribution in [0, 0.1) is 5.92 Å². The molecule has 2 heterocycles. The third kappa shape index (κ3) is 1.84. The number of hydrogen-bond acceptors (Lipinski definition) is 4. The molecule has 0 unspecified atom stereocenters. The van der Waals surface area contributed by atoms with Gasteiger partial charge in [-0.1, -0.05) is 0 Å². The number of aromatic nitrogens is 3. The van der Waals surface area contributed by atoms with E-state index in [1.165, 1.54) is 0 Å². The van der Waals surface area contributed by atoms with Gasteiger partial charge in [0, 0.05) is 24.9 Å². The lowest BCUT2D eigenvalue weighted by Gasteiger charge is -2.26. The van der Waals surface area contributed by atoms with E-state index in [2.05, 4.69) is 9.97 Å². The van der Waals surface area contributed by atoms with Gasteiger partial charge in [0.05, 0.1) is 6.20 Å². The molecule has 0 radical (unpaired) electrons. The predicted octanol–water partition coefficient (Wildman–Crippen LogP) is 1.58. The first-order valence-corrected chi connectivity index (χ1v) is 6.48. The number of fused-ring (bicyclic) bond motifs is 1. The molecule has 0 aromatic carbocycles. The lowest BCUT2D eigenvalue weighted by molar-refractivity contribution is 0.181. The number of hydrogen-bond donors (Lipinski definition) is 2. The smallest absolute Gasteiger partial charge is 0.149 e. The highest BCUT2D eigenvalue weighted by molar-refractivity contribution is 5.64. The average Bonchev–Trinajstić information content (AvgIpc) is 2.84. The number of aliphatic hydroxyl groups is 1. The Morgan fingerprint density at radius 2 is 2.06 bits per heavy atom. The van der Waals surface area contributed by atoms with Gasteiger partial charge in [0.25, 0.3) is 0 Å². The molecule has 18 heavy (non-hydrogen) atoms. The maximum atomic E-state index is 9.17. The minimum absolute atomic E-state index is 0.311. The van der Waals surface area contributed by atoms with Gasteiger partial charge in [-0.25, -0.2) is 9.97 Å². The van der Waals surface area contributed by atoms with Gasteiger partial charge in [-0.15, -0.1) is 0 Å². The van der Waals surface area contributed by atoms with Gasteiger partial charge >= 0.3 is 0 Å². The molecular weight excluding hydrogens is 228 g/mol. The van der Waals surface area contributed by atoms with Crippen molar-refractivity contribution >= 4 is 11.3 Å². The third-order valence-electron chi connectivity index (χ3n) is 3.99. The molecule has 1 fully saturated rings. The van der Waals surface area contributed by atoms with Gasteiger partial charge < -0.3 is 10.8 Å². The molecule has 1 aliphatic rings. The van der Waals surface area contributed by atoms with E-state index in [9.17, 15) is 5.11 Å². The summed E-state index contributed by atoms with van der Waals surface area (Å²) in [7, 11) is 0. The predicted molar refractivity (Wildman–Crippen MR) is 69.2 cm³/mol. The summed E-state index contributed by atoms with van der Waals surface area (Å²) in [4.78, 5) is 8.59. The molecule has 0 saturated heterocycles. The second-order valence-corrected chi connectivity index (χ2v) is 5.08. The molecule has 0 atom stereocenters. The first-order valence-electron chi connectivity index (χ1n) is 6.48. The maximum absolute atomic E-state index is 9.17. The van der Waals surface area contributed by atoms with Crippen molar-refractivity contribution in [1.82, 2.24) is 14.4 Å². The lowest BCUT2D eigenvalue weighted by atomic mass is 9.82. The molecule has 1 aliphatic carbocycles. The highest BCUT2D eigenvalue weighted by Crippen LogP contribution is 2.35. The molecule has 1 saturated carbocycles. The summed E-state index contributed by atoms with van der Waals surface area (Å²) >= 11 is 0. The number of nitrogens with two attached hydrogens (primary N) is 1. The molecule has 96 valence electrons. The van der Waals surface area contributed by atoms with E-state index in [0.717, 1.165) is 37.0 Å². The minimum Gasteiger partial charge on any atom is -0.396 e. The monoisotopic (exact) mass is 246 g/mol. The third-order valence-corrected chi connectivity index (χ3v) is 3.99. The fourth-order valence-electron chi connectivity index (χ4n) is 2.87. The van der Waals surface area contributed by atoms with Gasteiger partial charge in [0.15, 0.2) is 0 Å². The number of aliphatic hydroxyl groups excluding tert-OH is 1. The Balaban J connectivity index is 1.89. The van der Waals surface area contributed by atoms with Gasteiger partial charge in [-0.2, -0.15) is 0 Å². The van der Waals surface area contributed by atoms with Crippen LogP contribution in [0.2, 0.25) is 0 Å². The van der Waals surface area contributed by atoms with Crippen LogP contribution < -0.4 is 5.73 Å². The van der Waals surface area contributed by atoms with Crippen molar-refractivity contribution in [2.45, 2.75) is 31.6 Å². The molecule has 2 aromatic heterocycles. The van der Waals surface area contributed by atoms with Crippen LogP contribution in [0.25, 0.3) is 5.52 Å². The van der Waals surface area contributed by atoms with E-state index in [1.807, 2.05) is 10.6 Å². The molecule has 5 nitrogen and oxygen atoms in total. The molecule has 0 aliphatic heterocycles. The summed E-state index contributed by atoms with van der Waals surface area (Å²) in [5.41, 5.74) is 6.72. The Kier molecular flexibility index (Phi) is 2.91. The maximum Gasteiger partial charge on any atom is 0.149 e. The van der Waals surface area contributed by atoms with Gasteiger partial charge in [0.1, 0.15) is 17.2 Å². The van der Waals surface area contributed by atoms with E-state index in [4.69, 9.17) is 5.73 Å². The van der Waals surface area contributed by atoms with E-state index in [1.54, 1.807) is 12.4 Å². The Morgan fingerprint density at radius 3 is 2.78 bits per heavy atom. The van der Waals surface area contributed by atoms with Crippen molar-refractivity contribution < 1.29 is 5.11 Å². The molecule has 0 bridgehead atoms. The number of nitrogens with zero attached hydrogens (tertiary/aromatic N) is 3. The van der Waals surface area contributed by atoms with Gasteiger partial charge in [-0.05, 0) is 31.6 Å². The summed E-state index contributed by atoms with van der Waals surface area (Å²) in [6.07, 6.45) is 9.78. The number of rotatable bonds is 2. The summed E-state index contributed by atoms with van der Waals surface area (Å²) < 4.78 is 2.05. The van der Waals surface area contributed by atoms with Crippen LogP contribution in [0.15, 0.2) is 18.6 Å². The molecule has 2 aromatic rings. The fourth-order valence-corrected chi connectivity index (χ4v) is 2.87. The second-order valence-electron chi connectivity index (χ2n) is 5.08. The van der Waals surface area contributed by atoms with Gasteiger partial charge in [0.2, 0.25) is 0 Å². The second kappa shape index (κ2) is 4.57. The quantitative estimate of drug-likeness (QED) is 0.843. The van der Waals surface area contributed by atoms with Crippen molar-refractivity contribution in [3.8, 4) is 0 Å². The highest BCUT2D eigenvalue weighted by atomic mass is 16.3. The van der Waals surface area contributed by atoms with E-state index < -0.39 is 0 Å². The highest BCUT2D eigenvalue weighted by Gasteiger charge is 2.24. The van der Waals surface area contributed by atoms with Crippen molar-refractivity contribution in [2.24, 2.45) is 5.92 Å². The van der Waals surface area contributed by atoms with Crippen LogP contribution in [0.5, 0.6) is 0 Å². The van der Waals surface area contributed by atoms with Crippen LogP contribution >= 0.6 is 0 Å². The summed E-state index contributed by atoms with van der Waals surface area (Å²) in [6, 6.07) is 0. The fraction of sp³-hybridized carbons (Fsp3) is 0.538. The van der Waals surface area contributed by atoms with Crippen molar-refractivity contribution in [3.63, 3.8) is 0 Å². The average molecular weight is 246 g/mol. The van der Waals surface area contributed by atoms with Crippen LogP contribution in [0.1, 0.15) is 37.4 Å². The normalized spacial score (nSPS) is 24.5. The molecule has 5 heteroatoms. The molecule has 3 rings (SSSR count). The van der Waals surface area contributed by atoms with Crippen LogP contribution in [0.4, 0.5) is 5.82 Å². The Hall–Kier alpha value is -1.62. The van der Waals surface area contributed by atoms with E-state index in [-0.39, 0.29) is 0 Å². The molecular formula is C13H18N4O. The standard InChI is InChI=1S/C13H18N4O/c14-12-11-7-16-13(17(11)6-5-15-12)10-3-1-9(8-18)2-4-10/h5-7,9-10,18H,1-4,8H2,(H2,14,15)/t9-,10-. The van der Waals surface area contributed by atoms with Crippen LogP contribution in [-0.2, 0) is 0 Å². The summed E-state index contributed by atoms with van der Waals surface area (Å²) in [6.45, 7) is 0.311. The number of nitrogen functional groups attached to an aromatic ring is 1. The van der Waals surface area contributed by atoms with Crippen LogP contribution in [0.3, 0.4) is 0 Å². The first kappa shape index (κ1) is 11.5. The van der Waals surface area contributed by atoms with E-state index in [0.29, 0.717) is 24.3 Å². The van der Waals surface area contributed by atoms with E-state index >= 15 is 0 Å². The van der Waals surface area contributed by atoms with Crippen LogP contribution in [-0.4, -0.2) is 26.1 Å². The SMILES string of the molecule is Nc1nccn2c1cnc2[C@H]1CC[C@H](CO)CC1. The Bertz CT molecular complexity index is 543. The first-order chi connectivity index (χ1) is 8.79. The summed E-state index contributed by atoms with van der Waals surface area (Å²) in [5.74, 6) is 2.55. The Labute approximate surface area is 106 Å². The van der Waals surface area contributed by atoms with Crippen molar-refractivity contribution in [1.29, 1.82) is 0 Å². The van der Waals surface area contributed by atoms with Crippen molar-refractivity contribution in [2.75, 3.05) is 12.3 Å². The molecule has 3 N–H and O–H groups in total. The zero-order valence-electron chi connectivity index (χ0n) is 10.3. The lowest BCUT2D eigenvalue weighted by Crippen LogP contribution is -2.17. The summed E-state index contributed by atoms with van der Waals surface area (Å²) in [5, 5.41) is 9.17. The topological polar surface area (TPSA) is 76.4 Å². The molecule has 0 amide bonds. The Morgan fingerprint density at radius 1 is 1.28 bits per heavy atom. The van der Waals surface area contributed by atoms with Crippen molar-refractivity contribution in [3.05, 3.63) is 24.4 Å². The number of imidazole rings is 1. The molecule has 0 spiro atoms. The largest absolute Gasteiger partial charge is 0.396 e. The minimum atomic E-state index is 0.311. The zero-order valence-corrected chi connectivity index (χ0v) is 10.3. The number of anilines is 1.